The summed E-state index contributed by atoms with van der Waals surface area (Å²) in [6, 6.07) is 58.6. The summed E-state index contributed by atoms with van der Waals surface area (Å²) in [6.07, 6.45) is 2.96. The summed E-state index contributed by atoms with van der Waals surface area (Å²) in [5, 5.41) is 13.8. The predicted molar refractivity (Wildman–Crippen MR) is 279 cm³/mol. The standard InChI is InChI=1S/C28H28N4OS.C27H25N3O2S/c1-20-7-11-22(12-8-20)30-23-15-17-24(18-16-23)31-27(33)6-2-4-21-9-13-25(14-10-21)32-28(29)26-5-3-19-34-26;28-27(25-12-7-17-33-25)30-22-15-13-20(14-16-22)18-23(29-21-8-3-1-4-9-21)19-26(31)32-24-10-5-2-6-11-24/h3,5,7-19,30H,2,4,6H2,1H3,(H2,29,32)(H,31,33);1-17,23,29H,18-19H2,(H2,28,30). The molecule has 6 aromatic carbocycles. The molecule has 0 aliphatic heterocycles. The average Bonchev–Trinajstić information content (AvgIpc) is 4.10. The molecular formula is C55H53N7O3S2. The lowest BCUT2D eigenvalue weighted by Gasteiger charge is -2.19. The minimum absolute atomic E-state index is 0.0178. The monoisotopic (exact) mass is 923 g/mol. The molecular weight excluding hydrogens is 871 g/mol. The summed E-state index contributed by atoms with van der Waals surface area (Å²) in [7, 11) is 0. The lowest BCUT2D eigenvalue weighted by Crippen LogP contribution is -2.27. The first-order valence-corrected chi connectivity index (χ1v) is 23.7. The van der Waals surface area contributed by atoms with Gasteiger partial charge in [-0.15, -0.1) is 22.7 Å². The van der Waals surface area contributed by atoms with E-state index in [0.717, 1.165) is 62.3 Å². The zero-order chi connectivity index (χ0) is 46.6. The number of rotatable bonds is 18. The zero-order valence-corrected chi connectivity index (χ0v) is 38.8. The Balaban J connectivity index is 0.000000199. The molecule has 8 rings (SSSR count). The number of amides is 1. The van der Waals surface area contributed by atoms with Gasteiger partial charge in [0, 0.05) is 35.2 Å². The van der Waals surface area contributed by atoms with E-state index in [9.17, 15) is 9.59 Å². The molecule has 0 fully saturated rings. The molecule has 67 heavy (non-hydrogen) atoms. The van der Waals surface area contributed by atoms with Crippen molar-refractivity contribution in [1.29, 1.82) is 0 Å². The number of benzene rings is 6. The van der Waals surface area contributed by atoms with E-state index in [-0.39, 0.29) is 24.3 Å². The van der Waals surface area contributed by atoms with Gasteiger partial charge in [-0.25, -0.2) is 9.98 Å². The maximum absolute atomic E-state index is 12.6. The van der Waals surface area contributed by atoms with Gasteiger partial charge in [-0.05, 0) is 145 Å². The maximum atomic E-state index is 12.6. The van der Waals surface area contributed by atoms with Crippen LogP contribution in [0.4, 0.5) is 34.1 Å². The highest BCUT2D eigenvalue weighted by Crippen LogP contribution is 2.23. The van der Waals surface area contributed by atoms with Gasteiger partial charge in [0.15, 0.2) is 0 Å². The number of hydrogen-bond donors (Lipinski definition) is 5. The largest absolute Gasteiger partial charge is 0.426 e. The lowest BCUT2D eigenvalue weighted by atomic mass is 10.0. The molecule has 0 aliphatic carbocycles. The van der Waals surface area contributed by atoms with Crippen LogP contribution in [-0.2, 0) is 22.4 Å². The van der Waals surface area contributed by atoms with Gasteiger partial charge in [0.1, 0.15) is 17.4 Å². The third-order valence-electron chi connectivity index (χ3n) is 10.3. The number of hydrogen-bond acceptors (Lipinski definition) is 9. The van der Waals surface area contributed by atoms with Crippen LogP contribution in [0.2, 0.25) is 0 Å². The third kappa shape index (κ3) is 15.7. The van der Waals surface area contributed by atoms with Crippen LogP contribution in [0.1, 0.15) is 45.7 Å². The van der Waals surface area contributed by atoms with E-state index < -0.39 is 0 Å². The van der Waals surface area contributed by atoms with Crippen LogP contribution in [0.5, 0.6) is 5.75 Å². The Labute approximate surface area is 400 Å². The first kappa shape index (κ1) is 47.2. The van der Waals surface area contributed by atoms with Crippen LogP contribution in [0.3, 0.4) is 0 Å². The van der Waals surface area contributed by atoms with E-state index in [1.807, 2.05) is 168 Å². The van der Waals surface area contributed by atoms with Gasteiger partial charge in [-0.1, -0.05) is 90.5 Å². The summed E-state index contributed by atoms with van der Waals surface area (Å²) in [6.45, 7) is 2.07. The third-order valence-corrected chi connectivity index (χ3v) is 12.1. The van der Waals surface area contributed by atoms with E-state index in [4.69, 9.17) is 16.2 Å². The Kier molecular flexibility index (Phi) is 17.2. The Morgan fingerprint density at radius 2 is 1.10 bits per heavy atom. The Hall–Kier alpha value is -7.80. The molecule has 7 N–H and O–H groups in total. The number of ether oxygens (including phenoxy) is 1. The van der Waals surface area contributed by atoms with E-state index >= 15 is 0 Å². The molecule has 0 radical (unpaired) electrons. The Morgan fingerprint density at radius 1 is 0.582 bits per heavy atom. The number of nitrogens with zero attached hydrogens (tertiary/aromatic N) is 2. The topological polar surface area (TPSA) is 156 Å². The SMILES string of the molecule is Cc1ccc(Nc2ccc(NC(=O)CCCc3ccc(N=C(N)c4cccs4)cc3)cc2)cc1.NC(=Nc1ccc(CC(CC(=O)Oc2ccccc2)Nc2ccccc2)cc1)c1cccs1. The van der Waals surface area contributed by atoms with Crippen molar-refractivity contribution in [3.8, 4) is 5.75 Å². The van der Waals surface area contributed by atoms with Gasteiger partial charge in [0.2, 0.25) is 5.91 Å². The molecule has 2 heterocycles. The second kappa shape index (κ2) is 24.5. The molecule has 1 atom stereocenters. The van der Waals surface area contributed by atoms with Gasteiger partial charge in [-0.3, -0.25) is 9.59 Å². The van der Waals surface area contributed by atoms with Crippen molar-refractivity contribution in [2.45, 2.75) is 45.1 Å². The van der Waals surface area contributed by atoms with Crippen molar-refractivity contribution in [2.75, 3.05) is 16.0 Å². The summed E-state index contributed by atoms with van der Waals surface area (Å²) < 4.78 is 5.51. The minimum Gasteiger partial charge on any atom is -0.426 e. The number of carbonyl (C=O) groups is 2. The van der Waals surface area contributed by atoms with Crippen LogP contribution in [-0.4, -0.2) is 29.6 Å². The van der Waals surface area contributed by atoms with Crippen LogP contribution in [0.25, 0.3) is 0 Å². The van der Waals surface area contributed by atoms with E-state index in [2.05, 4.69) is 45.0 Å². The summed E-state index contributed by atoms with van der Waals surface area (Å²) in [5.74, 6) is 1.32. The molecule has 2 aromatic heterocycles. The minimum atomic E-state index is -0.278. The molecule has 0 spiro atoms. The van der Waals surface area contributed by atoms with Gasteiger partial charge < -0.3 is 32.2 Å². The van der Waals surface area contributed by atoms with E-state index in [1.165, 1.54) is 11.1 Å². The number of amidine groups is 2. The summed E-state index contributed by atoms with van der Waals surface area (Å²) in [4.78, 5) is 35.8. The highest BCUT2D eigenvalue weighted by atomic mass is 32.1. The van der Waals surface area contributed by atoms with Crippen molar-refractivity contribution >= 4 is 80.3 Å². The van der Waals surface area contributed by atoms with E-state index in [0.29, 0.717) is 30.3 Å². The fourth-order valence-corrected chi connectivity index (χ4v) is 8.14. The van der Waals surface area contributed by atoms with Gasteiger partial charge in [-0.2, -0.15) is 0 Å². The van der Waals surface area contributed by atoms with Crippen molar-refractivity contribution in [3.63, 3.8) is 0 Å². The molecule has 0 saturated heterocycles. The van der Waals surface area contributed by atoms with Crippen molar-refractivity contribution < 1.29 is 14.3 Å². The quantitative estimate of drug-likeness (QED) is 0.0248. The smallest absolute Gasteiger partial charge is 0.313 e. The number of thiophene rings is 2. The Morgan fingerprint density at radius 3 is 1.66 bits per heavy atom. The fraction of sp³-hybridized carbons (Fsp3) is 0.127. The maximum Gasteiger partial charge on any atom is 0.313 e. The number of anilines is 4. The van der Waals surface area contributed by atoms with Crippen LogP contribution >= 0.6 is 22.7 Å². The number of nitrogens with two attached hydrogens (primary N) is 2. The normalized spacial score (nSPS) is 11.7. The number of nitrogens with one attached hydrogen (secondary N) is 3. The van der Waals surface area contributed by atoms with Crippen molar-refractivity contribution in [2.24, 2.45) is 21.5 Å². The zero-order valence-electron chi connectivity index (χ0n) is 37.2. The second-order valence-corrected chi connectivity index (χ2v) is 17.5. The summed E-state index contributed by atoms with van der Waals surface area (Å²) >= 11 is 3.13. The molecule has 10 nitrogen and oxygen atoms in total. The first-order valence-electron chi connectivity index (χ1n) is 22.0. The van der Waals surface area contributed by atoms with Crippen molar-refractivity contribution in [3.05, 3.63) is 219 Å². The number of aryl methyl sites for hydroxylation is 2. The first-order chi connectivity index (χ1) is 32.7. The fourth-order valence-electron chi connectivity index (χ4n) is 6.89. The summed E-state index contributed by atoms with van der Waals surface area (Å²) in [5.41, 5.74) is 21.0. The molecule has 12 heteroatoms. The van der Waals surface area contributed by atoms with Crippen LogP contribution < -0.4 is 32.2 Å². The molecule has 1 amide bonds. The van der Waals surface area contributed by atoms with Crippen molar-refractivity contribution in [1.82, 2.24) is 0 Å². The molecule has 338 valence electrons. The van der Waals surface area contributed by atoms with Gasteiger partial charge in [0.25, 0.3) is 0 Å². The number of esters is 1. The van der Waals surface area contributed by atoms with Crippen LogP contribution in [0.15, 0.2) is 203 Å². The molecule has 0 saturated carbocycles. The lowest BCUT2D eigenvalue weighted by molar-refractivity contribution is -0.134. The average molecular weight is 924 g/mol. The van der Waals surface area contributed by atoms with E-state index in [1.54, 1.807) is 34.8 Å². The molecule has 0 bridgehead atoms. The molecule has 8 aromatic rings. The number of para-hydroxylation sites is 2. The number of carbonyl (C=O) groups excluding carboxylic acids is 2. The highest BCUT2D eigenvalue weighted by Gasteiger charge is 2.17. The van der Waals surface area contributed by atoms with Gasteiger partial charge >= 0.3 is 5.97 Å². The van der Waals surface area contributed by atoms with Gasteiger partial charge in [0.05, 0.1) is 27.5 Å². The predicted octanol–water partition coefficient (Wildman–Crippen LogP) is 12.6. The molecule has 0 aliphatic rings. The Bertz CT molecular complexity index is 2800. The van der Waals surface area contributed by atoms with Crippen LogP contribution in [0, 0.1) is 6.92 Å². The second-order valence-electron chi connectivity index (χ2n) is 15.7. The molecule has 1 unspecified atom stereocenters. The highest BCUT2D eigenvalue weighted by molar-refractivity contribution is 7.12. The number of aliphatic imine (C=N–C) groups is 2.